The van der Waals surface area contributed by atoms with E-state index in [1.165, 1.54) is 19.4 Å². The summed E-state index contributed by atoms with van der Waals surface area (Å²) in [5, 5.41) is 14.9. The van der Waals surface area contributed by atoms with Gasteiger partial charge in [0, 0.05) is 0 Å². The molecule has 1 aromatic carbocycles. The van der Waals surface area contributed by atoms with Crippen LogP contribution in [0.4, 0.5) is 0 Å². The molecule has 2 saturated carbocycles. The SMILES string of the molecule is COc1cc(/C=N\N2C(=O)[C@@H]3[C@@H]4C=C[C@H]([C@@H]5C[C@H]45)[C@@H]3C2=O)ccc1O. The van der Waals surface area contributed by atoms with Crippen molar-refractivity contribution >= 4 is 18.0 Å². The minimum absolute atomic E-state index is 0.0286. The van der Waals surface area contributed by atoms with E-state index < -0.39 is 0 Å². The van der Waals surface area contributed by atoms with Gasteiger partial charge in [0.2, 0.25) is 0 Å². The number of nitrogens with zero attached hydrogens (tertiary/aromatic N) is 2. The number of benzene rings is 1. The Morgan fingerprint density at radius 1 is 1.16 bits per heavy atom. The number of aromatic hydroxyl groups is 1. The summed E-state index contributed by atoms with van der Waals surface area (Å²) in [7, 11) is 1.46. The molecule has 0 aromatic heterocycles. The van der Waals surface area contributed by atoms with Crippen LogP contribution in [0.3, 0.4) is 0 Å². The number of hydrazone groups is 1. The van der Waals surface area contributed by atoms with Gasteiger partial charge in [-0.25, -0.2) is 0 Å². The smallest absolute Gasteiger partial charge is 0.254 e. The number of rotatable bonds is 3. The molecule has 6 heteroatoms. The van der Waals surface area contributed by atoms with Crippen LogP contribution in [0, 0.1) is 35.5 Å². The molecule has 1 heterocycles. The molecule has 1 N–H and O–H groups in total. The highest BCUT2D eigenvalue weighted by Crippen LogP contribution is 2.65. The number of allylic oxidation sites excluding steroid dienone is 2. The van der Waals surface area contributed by atoms with Crippen molar-refractivity contribution < 1.29 is 19.4 Å². The monoisotopic (exact) mass is 338 g/mol. The van der Waals surface area contributed by atoms with E-state index in [1.807, 2.05) is 0 Å². The van der Waals surface area contributed by atoms with Crippen LogP contribution in [0.2, 0.25) is 0 Å². The highest BCUT2D eigenvalue weighted by atomic mass is 16.5. The summed E-state index contributed by atoms with van der Waals surface area (Å²) in [5.41, 5.74) is 0.647. The predicted molar refractivity (Wildman–Crippen MR) is 88.8 cm³/mol. The first kappa shape index (κ1) is 14.7. The number of methoxy groups -OCH3 is 1. The molecule has 0 radical (unpaired) electrons. The van der Waals surface area contributed by atoms with Crippen molar-refractivity contribution in [3.8, 4) is 11.5 Å². The lowest BCUT2D eigenvalue weighted by Gasteiger charge is -2.37. The number of amides is 2. The Morgan fingerprint density at radius 2 is 1.80 bits per heavy atom. The average Bonchev–Trinajstić information content (AvgIpc) is 3.40. The quantitative estimate of drug-likeness (QED) is 0.518. The first-order valence-corrected chi connectivity index (χ1v) is 8.57. The first-order valence-electron chi connectivity index (χ1n) is 8.57. The maximum Gasteiger partial charge on any atom is 0.254 e. The molecule has 2 bridgehead atoms. The van der Waals surface area contributed by atoms with Crippen LogP contribution in [0.5, 0.6) is 11.5 Å². The number of phenols is 1. The third-order valence-electron chi connectivity index (χ3n) is 6.17. The largest absolute Gasteiger partial charge is 0.504 e. The molecule has 5 aliphatic rings. The van der Waals surface area contributed by atoms with Crippen molar-refractivity contribution in [1.82, 2.24) is 5.01 Å². The van der Waals surface area contributed by atoms with Crippen LogP contribution in [0.1, 0.15) is 12.0 Å². The second-order valence-corrected chi connectivity index (χ2v) is 7.32. The Hall–Kier alpha value is -2.63. The lowest BCUT2D eigenvalue weighted by molar-refractivity contribution is -0.140. The maximum atomic E-state index is 12.8. The summed E-state index contributed by atoms with van der Waals surface area (Å²) in [4.78, 5) is 25.6. The molecule has 2 amide bonds. The zero-order chi connectivity index (χ0) is 17.3. The molecule has 3 fully saturated rings. The number of imide groups is 1. The van der Waals surface area contributed by atoms with Gasteiger partial charge < -0.3 is 9.84 Å². The molecule has 0 unspecified atom stereocenters. The molecular formula is C19H18N2O4. The Labute approximate surface area is 144 Å². The molecule has 1 aliphatic heterocycles. The van der Waals surface area contributed by atoms with Gasteiger partial charge in [-0.05, 0) is 53.9 Å². The van der Waals surface area contributed by atoms with Crippen molar-refractivity contribution in [2.45, 2.75) is 6.42 Å². The molecule has 6 atom stereocenters. The highest BCUT2D eigenvalue weighted by Gasteiger charge is 2.67. The Balaban J connectivity index is 1.42. The van der Waals surface area contributed by atoms with Gasteiger partial charge in [0.05, 0.1) is 25.2 Å². The average molecular weight is 338 g/mol. The number of hydrogen-bond donors (Lipinski definition) is 1. The van der Waals surface area contributed by atoms with E-state index in [4.69, 9.17) is 4.74 Å². The molecule has 128 valence electrons. The predicted octanol–water partition coefficient (Wildman–Crippen LogP) is 1.79. The number of hydrogen-bond acceptors (Lipinski definition) is 5. The molecule has 1 aromatic rings. The summed E-state index contributed by atoms with van der Waals surface area (Å²) in [6.45, 7) is 0. The molecule has 4 aliphatic carbocycles. The molecule has 1 saturated heterocycles. The van der Waals surface area contributed by atoms with Crippen LogP contribution in [0.25, 0.3) is 0 Å². The van der Waals surface area contributed by atoms with Gasteiger partial charge in [0.1, 0.15) is 0 Å². The standard InChI is InChI=1S/C19H18N2O4/c1-25-15-6-9(2-5-14(15)22)8-20-21-18(23)16-10-3-4-11(13-7-12(10)13)17(16)19(21)24/h2-6,8,10-13,16-17,22H,7H2,1H3/b20-8-/t10-,11-,12-,13+,16-,17+/m1/s1. The number of phenolic OH excluding ortho intramolecular Hbond substituents is 1. The fraction of sp³-hybridized carbons (Fsp3) is 0.421. The second-order valence-electron chi connectivity index (χ2n) is 7.32. The molecule has 0 spiro atoms. The molecule has 25 heavy (non-hydrogen) atoms. The van der Waals surface area contributed by atoms with Crippen LogP contribution in [-0.2, 0) is 9.59 Å². The summed E-state index contributed by atoms with van der Waals surface area (Å²) in [6.07, 6.45) is 6.89. The fourth-order valence-corrected chi connectivity index (χ4v) is 4.95. The molecule has 6 nitrogen and oxygen atoms in total. The van der Waals surface area contributed by atoms with Crippen LogP contribution < -0.4 is 4.74 Å². The van der Waals surface area contributed by atoms with E-state index >= 15 is 0 Å². The van der Waals surface area contributed by atoms with Crippen LogP contribution in [0.15, 0.2) is 35.5 Å². The molecular weight excluding hydrogens is 320 g/mol. The fourth-order valence-electron chi connectivity index (χ4n) is 4.95. The van der Waals surface area contributed by atoms with Crippen molar-refractivity contribution in [2.75, 3.05) is 7.11 Å². The zero-order valence-electron chi connectivity index (χ0n) is 13.7. The van der Waals surface area contributed by atoms with Crippen molar-refractivity contribution in [1.29, 1.82) is 0 Å². The van der Waals surface area contributed by atoms with Crippen LogP contribution in [-0.4, -0.2) is 35.3 Å². The Morgan fingerprint density at radius 3 is 2.40 bits per heavy atom. The van der Waals surface area contributed by atoms with Gasteiger partial charge in [-0.15, -0.1) is 0 Å². The summed E-state index contributed by atoms with van der Waals surface area (Å²) in [6, 6.07) is 4.75. The van der Waals surface area contributed by atoms with E-state index in [0.29, 0.717) is 23.1 Å². The maximum absolute atomic E-state index is 12.8. The van der Waals surface area contributed by atoms with Gasteiger partial charge in [0.15, 0.2) is 11.5 Å². The first-order chi connectivity index (χ1) is 12.1. The van der Waals surface area contributed by atoms with E-state index in [2.05, 4.69) is 17.3 Å². The Bertz CT molecular complexity index is 810. The third-order valence-corrected chi connectivity index (χ3v) is 6.17. The zero-order valence-corrected chi connectivity index (χ0v) is 13.7. The summed E-state index contributed by atoms with van der Waals surface area (Å²) >= 11 is 0. The minimum Gasteiger partial charge on any atom is -0.504 e. The number of carbonyl (C=O) groups is 2. The number of carbonyl (C=O) groups excluding carboxylic acids is 2. The lowest BCUT2D eigenvalue weighted by Crippen LogP contribution is -2.40. The van der Waals surface area contributed by atoms with Crippen LogP contribution >= 0.6 is 0 Å². The van der Waals surface area contributed by atoms with Gasteiger partial charge in [-0.2, -0.15) is 10.1 Å². The highest BCUT2D eigenvalue weighted by molar-refractivity contribution is 6.06. The lowest BCUT2D eigenvalue weighted by atomic mass is 9.63. The molecule has 6 rings (SSSR count). The van der Waals surface area contributed by atoms with E-state index in [0.717, 1.165) is 11.4 Å². The van der Waals surface area contributed by atoms with Crippen molar-refractivity contribution in [3.63, 3.8) is 0 Å². The normalized spacial score (nSPS) is 37.6. The topological polar surface area (TPSA) is 79.2 Å². The van der Waals surface area contributed by atoms with Gasteiger partial charge in [-0.3, -0.25) is 9.59 Å². The summed E-state index contributed by atoms with van der Waals surface area (Å²) < 4.78 is 5.06. The van der Waals surface area contributed by atoms with Crippen molar-refractivity contribution in [3.05, 3.63) is 35.9 Å². The van der Waals surface area contributed by atoms with E-state index in [9.17, 15) is 14.7 Å². The van der Waals surface area contributed by atoms with Crippen molar-refractivity contribution in [2.24, 2.45) is 40.6 Å². The Kier molecular flexibility index (Phi) is 2.90. The second kappa shape index (κ2) is 4.94. The summed E-state index contributed by atoms with van der Waals surface area (Å²) in [5.74, 6) is 1.08. The van der Waals surface area contributed by atoms with E-state index in [1.54, 1.807) is 12.1 Å². The van der Waals surface area contributed by atoms with Gasteiger partial charge in [-0.1, -0.05) is 12.2 Å². The third kappa shape index (κ3) is 1.94. The van der Waals surface area contributed by atoms with Gasteiger partial charge in [0.25, 0.3) is 11.8 Å². The minimum atomic E-state index is -0.238. The van der Waals surface area contributed by atoms with E-state index in [-0.39, 0.29) is 41.2 Å². The van der Waals surface area contributed by atoms with Gasteiger partial charge >= 0.3 is 0 Å². The number of ether oxygens (including phenoxy) is 1.